The summed E-state index contributed by atoms with van der Waals surface area (Å²) in [6.07, 6.45) is 1.45. The van der Waals surface area contributed by atoms with Crippen LogP contribution >= 0.6 is 11.3 Å². The number of unbranched alkanes of at least 4 members (excludes halogenated alkanes) is 3. The van der Waals surface area contributed by atoms with Crippen molar-refractivity contribution >= 4 is 27.8 Å². The van der Waals surface area contributed by atoms with Gasteiger partial charge in [-0.25, -0.2) is 4.98 Å². The lowest BCUT2D eigenvalue weighted by Crippen LogP contribution is -2.21. The second-order valence-electron chi connectivity index (χ2n) is 8.78. The highest BCUT2D eigenvalue weighted by molar-refractivity contribution is 7.13. The number of hydrogen-bond donors (Lipinski definition) is 2. The minimum Gasteiger partial charge on any atom is -0.395 e. The normalized spacial score (nSPS) is 12.3. The summed E-state index contributed by atoms with van der Waals surface area (Å²) in [4.78, 5) is 5.64. The van der Waals surface area contributed by atoms with E-state index in [4.69, 9.17) is 11.1 Å². The largest absolute Gasteiger partial charge is 0.430 e. The van der Waals surface area contributed by atoms with E-state index in [1.54, 1.807) is 17.4 Å². The molecule has 0 atom stereocenters. The molecule has 3 N–H and O–H groups in total. The molecule has 2 aromatic carbocycles. The van der Waals surface area contributed by atoms with Crippen molar-refractivity contribution in [2.45, 2.75) is 45.2 Å². The Labute approximate surface area is 213 Å². The predicted octanol–water partition coefficient (Wildman–Crippen LogP) is 8.53. The first-order valence-electron chi connectivity index (χ1n) is 12.0. The number of nitrogens with zero attached hydrogens (tertiary/aromatic N) is 1. The van der Waals surface area contributed by atoms with E-state index in [0.717, 1.165) is 52.5 Å². The molecule has 0 aliphatic rings. The molecule has 0 saturated carbocycles. The summed E-state index contributed by atoms with van der Waals surface area (Å²) in [7, 11) is 0. The number of aromatic nitrogens is 1. The second-order valence-corrected chi connectivity index (χ2v) is 9.70. The Hall–Kier alpha value is -3.45. The molecule has 0 amide bonds. The highest BCUT2D eigenvalue weighted by Gasteiger charge is 2.31. The number of alkyl halides is 3. The van der Waals surface area contributed by atoms with Crippen molar-refractivity contribution in [3.8, 4) is 21.7 Å². The predicted molar refractivity (Wildman–Crippen MR) is 143 cm³/mol. The van der Waals surface area contributed by atoms with Crippen LogP contribution < -0.4 is 5.73 Å². The van der Waals surface area contributed by atoms with Crippen LogP contribution in [0.3, 0.4) is 0 Å². The molecule has 0 unspecified atom stereocenters. The summed E-state index contributed by atoms with van der Waals surface area (Å²) in [5, 5.41) is 12.5. The van der Waals surface area contributed by atoms with Gasteiger partial charge in [-0.05, 0) is 70.5 Å². The second kappa shape index (κ2) is 11.1. The first-order chi connectivity index (χ1) is 17.3. The van der Waals surface area contributed by atoms with Crippen LogP contribution in [0.5, 0.6) is 0 Å². The molecule has 7 heteroatoms. The summed E-state index contributed by atoms with van der Waals surface area (Å²) in [5.41, 5.74) is 7.13. The van der Waals surface area contributed by atoms with Crippen LogP contribution in [0, 0.1) is 5.41 Å². The highest BCUT2D eigenvalue weighted by atomic mass is 32.1. The van der Waals surface area contributed by atoms with Crippen LogP contribution in [0.4, 0.5) is 13.2 Å². The van der Waals surface area contributed by atoms with Crippen molar-refractivity contribution < 1.29 is 13.2 Å². The smallest absolute Gasteiger partial charge is 0.395 e. The van der Waals surface area contributed by atoms with Gasteiger partial charge in [0.1, 0.15) is 5.70 Å². The van der Waals surface area contributed by atoms with Crippen molar-refractivity contribution in [1.82, 2.24) is 4.98 Å². The van der Waals surface area contributed by atoms with Crippen molar-refractivity contribution in [2.24, 2.45) is 5.73 Å². The molecule has 4 aromatic rings. The van der Waals surface area contributed by atoms with Crippen LogP contribution in [-0.2, 0) is 6.42 Å². The fourth-order valence-electron chi connectivity index (χ4n) is 4.14. The Balaban J connectivity index is 1.79. The molecule has 0 fully saturated rings. The Morgan fingerprint density at radius 2 is 1.75 bits per heavy atom. The lowest BCUT2D eigenvalue weighted by Gasteiger charge is -2.12. The topological polar surface area (TPSA) is 62.8 Å². The quantitative estimate of drug-likeness (QED) is 0.176. The Bertz CT molecular complexity index is 1400. The molecule has 0 spiro atoms. The van der Waals surface area contributed by atoms with Crippen LogP contribution in [-0.4, -0.2) is 16.9 Å². The maximum atomic E-state index is 13.0. The van der Waals surface area contributed by atoms with Gasteiger partial charge >= 0.3 is 6.18 Å². The van der Waals surface area contributed by atoms with E-state index in [1.165, 1.54) is 12.0 Å². The van der Waals surface area contributed by atoms with E-state index in [9.17, 15) is 13.2 Å². The molecule has 2 heterocycles. The fourth-order valence-corrected chi connectivity index (χ4v) is 5.08. The zero-order chi connectivity index (χ0) is 25.7. The van der Waals surface area contributed by atoms with Gasteiger partial charge < -0.3 is 5.73 Å². The van der Waals surface area contributed by atoms with Crippen molar-refractivity contribution in [1.29, 1.82) is 5.41 Å². The minimum absolute atomic E-state index is 0.146. The average Bonchev–Trinajstić information content (AvgIpc) is 3.34. The number of thiophene rings is 1. The van der Waals surface area contributed by atoms with Crippen LogP contribution in [0.2, 0.25) is 0 Å². The zero-order valence-corrected chi connectivity index (χ0v) is 20.8. The van der Waals surface area contributed by atoms with Gasteiger partial charge in [-0.3, -0.25) is 5.41 Å². The maximum absolute atomic E-state index is 13.0. The minimum atomic E-state index is -4.70. The molecule has 0 aliphatic carbocycles. The molecule has 4 rings (SSSR count). The van der Waals surface area contributed by atoms with Gasteiger partial charge in [-0.1, -0.05) is 62.6 Å². The summed E-state index contributed by atoms with van der Waals surface area (Å²) in [6.45, 7) is 2.18. The lowest BCUT2D eigenvalue weighted by molar-refractivity contribution is -0.0925. The standard InChI is InChI=1S/C29H28F3N3S/c1-2-3-4-5-9-20-13-14-36-28(20)23-16-25(22-12-11-19-8-6-7-10-21(19)15-22)35-26(17-23)24(33)18-27(34)29(30,31)32/h6-8,10-18,33H,2-5,9,34H2,1H3. The van der Waals surface area contributed by atoms with Crippen molar-refractivity contribution in [3.63, 3.8) is 0 Å². The van der Waals surface area contributed by atoms with E-state index in [-0.39, 0.29) is 11.4 Å². The molecular formula is C29H28F3N3S. The number of nitrogens with one attached hydrogen (secondary N) is 1. The Morgan fingerprint density at radius 1 is 0.972 bits per heavy atom. The summed E-state index contributed by atoms with van der Waals surface area (Å²) in [5.74, 6) is 0. The fraction of sp³-hybridized carbons (Fsp3) is 0.241. The SMILES string of the molecule is CCCCCCc1ccsc1-c1cc(C(=N)C=C(N)C(F)(F)F)nc(-c2ccc3ccccc3c2)c1. The first-order valence-corrected chi connectivity index (χ1v) is 12.9. The maximum Gasteiger partial charge on any atom is 0.430 e. The van der Waals surface area contributed by atoms with Gasteiger partial charge in [0.25, 0.3) is 0 Å². The number of nitrogens with two attached hydrogens (primary N) is 1. The van der Waals surface area contributed by atoms with Crippen LogP contribution in [0.25, 0.3) is 32.5 Å². The molecule has 2 aromatic heterocycles. The zero-order valence-electron chi connectivity index (χ0n) is 20.0. The summed E-state index contributed by atoms with van der Waals surface area (Å²) >= 11 is 1.59. The van der Waals surface area contributed by atoms with Gasteiger partial charge in [-0.2, -0.15) is 13.2 Å². The summed E-state index contributed by atoms with van der Waals surface area (Å²) < 4.78 is 39.1. The number of allylic oxidation sites excluding steroid dienone is 2. The highest BCUT2D eigenvalue weighted by Crippen LogP contribution is 2.34. The van der Waals surface area contributed by atoms with Gasteiger partial charge in [0.15, 0.2) is 0 Å². The van der Waals surface area contributed by atoms with Crippen molar-refractivity contribution in [3.05, 3.63) is 89.1 Å². The van der Waals surface area contributed by atoms with Gasteiger partial charge in [0.2, 0.25) is 0 Å². The molecule has 186 valence electrons. The van der Waals surface area contributed by atoms with Crippen molar-refractivity contribution in [2.75, 3.05) is 0 Å². The van der Waals surface area contributed by atoms with Gasteiger partial charge in [-0.15, -0.1) is 11.3 Å². The van der Waals surface area contributed by atoms with E-state index in [2.05, 4.69) is 18.0 Å². The van der Waals surface area contributed by atoms with Gasteiger partial charge in [0.05, 0.1) is 17.1 Å². The number of fused-ring (bicyclic) bond motifs is 1. The third kappa shape index (κ3) is 6.02. The van der Waals surface area contributed by atoms with E-state index in [1.807, 2.05) is 53.9 Å². The molecule has 0 aliphatic heterocycles. The molecule has 0 radical (unpaired) electrons. The molecule has 0 saturated heterocycles. The van der Waals surface area contributed by atoms with Crippen LogP contribution in [0.15, 0.2) is 77.8 Å². The molecular weight excluding hydrogens is 479 g/mol. The number of benzene rings is 2. The lowest BCUT2D eigenvalue weighted by atomic mass is 9.99. The number of aryl methyl sites for hydroxylation is 1. The van der Waals surface area contributed by atoms with E-state index >= 15 is 0 Å². The Morgan fingerprint density at radius 3 is 2.50 bits per heavy atom. The number of hydrogen-bond acceptors (Lipinski definition) is 4. The van der Waals surface area contributed by atoms with E-state index in [0.29, 0.717) is 11.8 Å². The first kappa shape index (κ1) is 25.6. The average molecular weight is 508 g/mol. The third-order valence-corrected chi connectivity index (χ3v) is 7.09. The number of pyridine rings is 1. The Kier molecular flexibility index (Phi) is 7.89. The third-order valence-electron chi connectivity index (χ3n) is 6.08. The van der Waals surface area contributed by atoms with E-state index < -0.39 is 11.9 Å². The molecule has 3 nitrogen and oxygen atoms in total. The number of rotatable bonds is 9. The molecule has 36 heavy (non-hydrogen) atoms. The summed E-state index contributed by atoms with van der Waals surface area (Å²) in [6, 6.07) is 19.7. The van der Waals surface area contributed by atoms with Gasteiger partial charge in [0, 0.05) is 10.4 Å². The number of halogens is 3. The molecule has 0 bridgehead atoms. The monoisotopic (exact) mass is 507 g/mol. The van der Waals surface area contributed by atoms with Crippen LogP contribution in [0.1, 0.15) is 43.9 Å².